The average Bonchev–Trinajstić information content (AvgIpc) is 3.20. The Hall–Kier alpha value is -3.20. The van der Waals surface area contributed by atoms with Crippen LogP contribution in [0.5, 0.6) is 0 Å². The molecule has 0 aliphatic heterocycles. The summed E-state index contributed by atoms with van der Waals surface area (Å²) in [7, 11) is 5.58. The molecule has 0 saturated heterocycles. The van der Waals surface area contributed by atoms with Crippen molar-refractivity contribution in [2.24, 2.45) is 7.05 Å². The van der Waals surface area contributed by atoms with Crippen LogP contribution in [0.2, 0.25) is 0 Å². The van der Waals surface area contributed by atoms with Gasteiger partial charge in [0.2, 0.25) is 5.78 Å². The molecule has 0 aliphatic carbocycles. The van der Waals surface area contributed by atoms with Crippen LogP contribution in [0, 0.1) is 19.7 Å². The molecule has 0 aliphatic rings. The van der Waals surface area contributed by atoms with Gasteiger partial charge in [-0.25, -0.2) is 9.18 Å². The van der Waals surface area contributed by atoms with Crippen molar-refractivity contribution < 1.29 is 4.39 Å². The quantitative estimate of drug-likeness (QED) is 0.498. The highest BCUT2D eigenvalue weighted by Gasteiger charge is 2.22. The van der Waals surface area contributed by atoms with E-state index in [4.69, 9.17) is 0 Å². The molecule has 0 bridgehead atoms. The van der Waals surface area contributed by atoms with Crippen LogP contribution in [0.1, 0.15) is 17.0 Å². The summed E-state index contributed by atoms with van der Waals surface area (Å²) in [6.45, 7) is 5.30. The van der Waals surface area contributed by atoms with Crippen molar-refractivity contribution in [1.82, 2.24) is 28.0 Å². The Morgan fingerprint density at radius 3 is 2.43 bits per heavy atom. The molecule has 0 saturated carbocycles. The highest BCUT2D eigenvalue weighted by atomic mass is 19.1. The van der Waals surface area contributed by atoms with Crippen molar-refractivity contribution >= 4 is 16.9 Å². The highest BCUT2D eigenvalue weighted by molar-refractivity contribution is 5.76. The van der Waals surface area contributed by atoms with Gasteiger partial charge in [-0.05, 0) is 34.0 Å². The van der Waals surface area contributed by atoms with Gasteiger partial charge in [0.1, 0.15) is 5.82 Å². The zero-order valence-corrected chi connectivity index (χ0v) is 17.8. The van der Waals surface area contributed by atoms with Gasteiger partial charge in [-0.1, -0.05) is 18.2 Å². The number of nitrogens with zero attached hydrogens (tertiary/aromatic N) is 6. The van der Waals surface area contributed by atoms with Crippen molar-refractivity contribution in [2.45, 2.75) is 26.9 Å². The lowest BCUT2D eigenvalue weighted by Gasteiger charge is -2.11. The first kappa shape index (κ1) is 20.1. The third kappa shape index (κ3) is 2.97. The van der Waals surface area contributed by atoms with E-state index < -0.39 is 17.1 Å². The van der Waals surface area contributed by atoms with Crippen LogP contribution in [0.15, 0.2) is 33.9 Å². The smallest absolute Gasteiger partial charge is 0.313 e. The van der Waals surface area contributed by atoms with E-state index in [-0.39, 0.29) is 12.1 Å². The molecular weight excluding hydrogens is 387 g/mol. The summed E-state index contributed by atoms with van der Waals surface area (Å²) < 4.78 is 20.5. The number of halogens is 1. The van der Waals surface area contributed by atoms with Gasteiger partial charge >= 0.3 is 5.69 Å². The monoisotopic (exact) mass is 412 g/mol. The Labute approximate surface area is 172 Å². The molecule has 0 radical (unpaired) electrons. The van der Waals surface area contributed by atoms with Gasteiger partial charge in [-0.3, -0.25) is 18.3 Å². The van der Waals surface area contributed by atoms with Gasteiger partial charge in [0.15, 0.2) is 11.2 Å². The maximum atomic E-state index is 14.2. The van der Waals surface area contributed by atoms with Crippen molar-refractivity contribution in [3.63, 3.8) is 0 Å². The average molecular weight is 412 g/mol. The Balaban J connectivity index is 2.00. The topological polar surface area (TPSA) is 69.5 Å². The van der Waals surface area contributed by atoms with E-state index >= 15 is 0 Å². The van der Waals surface area contributed by atoms with Crippen molar-refractivity contribution in [3.05, 3.63) is 67.9 Å². The number of likely N-dealkylation sites (N-methyl/N-ethyl adjacent to an activating group) is 1. The van der Waals surface area contributed by atoms with Crippen LogP contribution in [0.25, 0.3) is 16.9 Å². The largest absolute Gasteiger partial charge is 0.332 e. The minimum atomic E-state index is -0.522. The standard InChI is InChI=1S/C21H25FN6O2/c1-13-14(2)28-17-18(23-20(28)26(13)11-10-24(3)4)25(5)21(30)27(19(17)29)12-15-8-6-7-9-16(15)22/h6-9H,10-12H2,1-5H3. The second-order valence-electron chi connectivity index (χ2n) is 7.87. The molecule has 3 heterocycles. The number of rotatable bonds is 5. The molecule has 158 valence electrons. The van der Waals surface area contributed by atoms with Crippen LogP contribution in [-0.4, -0.2) is 48.6 Å². The Morgan fingerprint density at radius 1 is 1.07 bits per heavy atom. The number of aryl methyl sites for hydroxylation is 2. The van der Waals surface area contributed by atoms with Crippen LogP contribution in [0.3, 0.4) is 0 Å². The molecule has 0 atom stereocenters. The molecule has 0 unspecified atom stereocenters. The lowest BCUT2D eigenvalue weighted by atomic mass is 10.2. The summed E-state index contributed by atoms with van der Waals surface area (Å²) in [6, 6.07) is 6.15. The number of fused-ring (bicyclic) bond motifs is 3. The first-order chi connectivity index (χ1) is 14.2. The van der Waals surface area contributed by atoms with Crippen molar-refractivity contribution in [2.75, 3.05) is 20.6 Å². The number of imidazole rings is 2. The Bertz CT molecular complexity index is 1390. The van der Waals surface area contributed by atoms with E-state index in [1.165, 1.54) is 10.6 Å². The third-order valence-corrected chi connectivity index (χ3v) is 5.69. The van der Waals surface area contributed by atoms with Crippen molar-refractivity contribution in [1.29, 1.82) is 0 Å². The fourth-order valence-corrected chi connectivity index (χ4v) is 3.82. The summed E-state index contributed by atoms with van der Waals surface area (Å²) in [4.78, 5) is 33.0. The lowest BCUT2D eigenvalue weighted by molar-refractivity contribution is 0.384. The van der Waals surface area contributed by atoms with E-state index in [2.05, 4.69) is 14.5 Å². The van der Waals surface area contributed by atoms with E-state index in [0.717, 1.165) is 22.5 Å². The number of hydrogen-bond acceptors (Lipinski definition) is 4. The minimum Gasteiger partial charge on any atom is -0.313 e. The van der Waals surface area contributed by atoms with Gasteiger partial charge in [0.05, 0.1) is 6.54 Å². The minimum absolute atomic E-state index is 0.138. The molecule has 0 fully saturated rings. The SMILES string of the molecule is Cc1c(C)n2c3c(=O)n(Cc4ccccc4F)c(=O)n(C)c3nc2n1CCN(C)C. The molecule has 4 aromatic rings. The molecule has 9 heteroatoms. The molecule has 0 spiro atoms. The van der Waals surface area contributed by atoms with E-state index in [0.29, 0.717) is 23.5 Å². The van der Waals surface area contributed by atoms with E-state index in [9.17, 15) is 14.0 Å². The Morgan fingerprint density at radius 2 is 1.77 bits per heavy atom. The van der Waals surface area contributed by atoms with Crippen LogP contribution in [0.4, 0.5) is 4.39 Å². The predicted molar refractivity (Wildman–Crippen MR) is 114 cm³/mol. The first-order valence-electron chi connectivity index (χ1n) is 9.78. The molecule has 30 heavy (non-hydrogen) atoms. The highest BCUT2D eigenvalue weighted by Crippen LogP contribution is 2.20. The van der Waals surface area contributed by atoms with Gasteiger partial charge in [-0.2, -0.15) is 4.98 Å². The second-order valence-corrected chi connectivity index (χ2v) is 7.87. The maximum absolute atomic E-state index is 14.2. The molecule has 0 N–H and O–H groups in total. The molecule has 3 aromatic heterocycles. The summed E-state index contributed by atoms with van der Waals surface area (Å²) in [5, 5.41) is 0. The number of benzene rings is 1. The number of aromatic nitrogens is 5. The summed E-state index contributed by atoms with van der Waals surface area (Å²) in [6.07, 6.45) is 0. The van der Waals surface area contributed by atoms with Crippen LogP contribution >= 0.6 is 0 Å². The molecule has 8 nitrogen and oxygen atoms in total. The second kappa shape index (κ2) is 7.24. The van der Waals surface area contributed by atoms with Gasteiger partial charge < -0.3 is 9.47 Å². The normalized spacial score (nSPS) is 12.0. The van der Waals surface area contributed by atoms with Crippen LogP contribution < -0.4 is 11.2 Å². The molecule has 4 rings (SSSR count). The van der Waals surface area contributed by atoms with Gasteiger partial charge in [0.25, 0.3) is 5.56 Å². The maximum Gasteiger partial charge on any atom is 0.332 e. The summed E-state index contributed by atoms with van der Waals surface area (Å²) in [5.74, 6) is 0.171. The van der Waals surface area contributed by atoms with E-state index in [1.807, 2.05) is 27.9 Å². The summed E-state index contributed by atoms with van der Waals surface area (Å²) >= 11 is 0. The van der Waals surface area contributed by atoms with Crippen molar-refractivity contribution in [3.8, 4) is 0 Å². The van der Waals surface area contributed by atoms with Gasteiger partial charge in [0, 0.05) is 37.1 Å². The van der Waals surface area contributed by atoms with E-state index in [1.54, 1.807) is 29.6 Å². The first-order valence-corrected chi connectivity index (χ1v) is 9.78. The predicted octanol–water partition coefficient (Wildman–Crippen LogP) is 1.52. The third-order valence-electron chi connectivity index (χ3n) is 5.69. The fourth-order valence-electron chi connectivity index (χ4n) is 3.82. The Kier molecular flexibility index (Phi) is 4.85. The zero-order valence-electron chi connectivity index (χ0n) is 17.8. The summed E-state index contributed by atoms with van der Waals surface area (Å²) in [5.41, 5.74) is 1.84. The zero-order chi connectivity index (χ0) is 21.7. The fraction of sp³-hybridized carbons (Fsp3) is 0.381. The van der Waals surface area contributed by atoms with Gasteiger partial charge in [-0.15, -0.1) is 0 Å². The van der Waals surface area contributed by atoms with Crippen LogP contribution in [-0.2, 0) is 20.1 Å². The number of hydrogen-bond donors (Lipinski definition) is 0. The molecule has 0 amide bonds. The molecule has 1 aromatic carbocycles. The lowest BCUT2D eigenvalue weighted by Crippen LogP contribution is -2.39. The molecular formula is C21H25FN6O2.